The number of rotatable bonds is 1. The summed E-state index contributed by atoms with van der Waals surface area (Å²) in [4.78, 5) is 28.6. The van der Waals surface area contributed by atoms with Crippen molar-refractivity contribution in [1.29, 1.82) is 0 Å². The number of amides is 2. The lowest BCUT2D eigenvalue weighted by Crippen LogP contribution is -2.54. The summed E-state index contributed by atoms with van der Waals surface area (Å²) >= 11 is 0. The van der Waals surface area contributed by atoms with E-state index in [2.05, 4.69) is 10.2 Å². The molecule has 2 aromatic heterocycles. The van der Waals surface area contributed by atoms with Crippen molar-refractivity contribution < 1.29 is 9.59 Å². The van der Waals surface area contributed by atoms with E-state index in [1.165, 1.54) is 0 Å². The molecule has 7 heteroatoms. The van der Waals surface area contributed by atoms with E-state index >= 15 is 0 Å². The number of carbonyl (C=O) groups excluding carboxylic acids is 2. The molecule has 0 N–H and O–H groups in total. The summed E-state index contributed by atoms with van der Waals surface area (Å²) in [5, 5.41) is 7.96. The Morgan fingerprint density at radius 1 is 1.29 bits per heavy atom. The first-order chi connectivity index (χ1) is 11.6. The van der Waals surface area contributed by atoms with Crippen LogP contribution in [0.3, 0.4) is 0 Å². The zero-order valence-corrected chi connectivity index (χ0v) is 13.8. The Bertz CT molecular complexity index is 801. The summed E-state index contributed by atoms with van der Waals surface area (Å²) in [5.74, 6) is 0.213. The summed E-state index contributed by atoms with van der Waals surface area (Å²) in [6.45, 7) is 2.21. The molecule has 7 nitrogen and oxygen atoms in total. The molecule has 2 saturated heterocycles. The summed E-state index contributed by atoms with van der Waals surface area (Å²) in [7, 11) is 1.86. The Labute approximate surface area is 140 Å². The predicted octanol–water partition coefficient (Wildman–Crippen LogP) is 1.20. The highest BCUT2D eigenvalue weighted by Crippen LogP contribution is 2.38. The molecule has 1 atom stereocenters. The fourth-order valence-corrected chi connectivity index (χ4v) is 4.14. The van der Waals surface area contributed by atoms with Gasteiger partial charge in [0.05, 0.1) is 5.56 Å². The van der Waals surface area contributed by atoms with Crippen molar-refractivity contribution in [2.75, 3.05) is 26.7 Å². The Morgan fingerprint density at radius 3 is 3.00 bits per heavy atom. The molecule has 4 heterocycles. The second kappa shape index (κ2) is 5.58. The van der Waals surface area contributed by atoms with Crippen molar-refractivity contribution in [1.82, 2.24) is 24.4 Å². The molecule has 2 aliphatic rings. The molecular formula is C17H21N5O2. The van der Waals surface area contributed by atoms with Gasteiger partial charge >= 0.3 is 0 Å². The lowest BCUT2D eigenvalue weighted by Gasteiger charge is -2.47. The van der Waals surface area contributed by atoms with Gasteiger partial charge in [0.25, 0.3) is 5.91 Å². The number of piperidine rings is 2. The van der Waals surface area contributed by atoms with Crippen LogP contribution in [0.1, 0.15) is 36.0 Å². The molecule has 1 spiro atoms. The fourth-order valence-electron chi connectivity index (χ4n) is 4.14. The van der Waals surface area contributed by atoms with Gasteiger partial charge in [-0.05, 0) is 31.4 Å². The van der Waals surface area contributed by atoms with Crippen LogP contribution >= 0.6 is 0 Å². The normalized spacial score (nSPS) is 24.8. The minimum Gasteiger partial charge on any atom is -0.345 e. The van der Waals surface area contributed by atoms with Crippen LogP contribution in [0.4, 0.5) is 0 Å². The van der Waals surface area contributed by atoms with Gasteiger partial charge in [0, 0.05) is 44.7 Å². The zero-order valence-electron chi connectivity index (χ0n) is 13.8. The number of carbonyl (C=O) groups is 2. The van der Waals surface area contributed by atoms with Crippen LogP contribution in [0.5, 0.6) is 0 Å². The fraction of sp³-hybridized carbons (Fsp3) is 0.529. The van der Waals surface area contributed by atoms with Crippen molar-refractivity contribution in [2.24, 2.45) is 5.41 Å². The highest BCUT2D eigenvalue weighted by atomic mass is 16.2. The highest BCUT2D eigenvalue weighted by Gasteiger charge is 2.42. The van der Waals surface area contributed by atoms with Crippen molar-refractivity contribution >= 4 is 17.5 Å². The van der Waals surface area contributed by atoms with Gasteiger partial charge in [-0.15, -0.1) is 10.2 Å². The van der Waals surface area contributed by atoms with Gasteiger partial charge in [-0.2, -0.15) is 0 Å². The van der Waals surface area contributed by atoms with Crippen molar-refractivity contribution in [2.45, 2.75) is 25.7 Å². The topological polar surface area (TPSA) is 70.8 Å². The maximum absolute atomic E-state index is 13.0. The molecule has 2 aromatic rings. The molecule has 0 aliphatic carbocycles. The van der Waals surface area contributed by atoms with Crippen LogP contribution in [-0.2, 0) is 4.79 Å². The third kappa shape index (κ3) is 2.44. The van der Waals surface area contributed by atoms with E-state index < -0.39 is 0 Å². The Kier molecular flexibility index (Phi) is 3.51. The predicted molar refractivity (Wildman–Crippen MR) is 87.4 cm³/mol. The molecule has 2 fully saturated rings. The number of nitrogens with zero attached hydrogens (tertiary/aromatic N) is 5. The summed E-state index contributed by atoms with van der Waals surface area (Å²) in [5.41, 5.74) is 1.22. The average molecular weight is 327 g/mol. The van der Waals surface area contributed by atoms with Crippen LogP contribution in [0, 0.1) is 5.41 Å². The van der Waals surface area contributed by atoms with Crippen LogP contribution in [0.25, 0.3) is 5.65 Å². The summed E-state index contributed by atoms with van der Waals surface area (Å²) in [6, 6.07) is 3.65. The molecule has 2 aliphatic heterocycles. The van der Waals surface area contributed by atoms with Gasteiger partial charge in [0.2, 0.25) is 5.91 Å². The number of pyridine rings is 1. The third-order valence-corrected chi connectivity index (χ3v) is 5.37. The van der Waals surface area contributed by atoms with Gasteiger partial charge in [0.1, 0.15) is 6.33 Å². The van der Waals surface area contributed by atoms with Crippen LogP contribution in [-0.4, -0.2) is 62.9 Å². The monoisotopic (exact) mass is 327 g/mol. The number of likely N-dealkylation sites (tertiary alicyclic amines) is 2. The molecule has 2 amide bonds. The Morgan fingerprint density at radius 2 is 2.17 bits per heavy atom. The van der Waals surface area contributed by atoms with Crippen molar-refractivity contribution in [3.63, 3.8) is 0 Å². The van der Waals surface area contributed by atoms with Gasteiger partial charge < -0.3 is 9.80 Å². The molecule has 0 saturated carbocycles. The number of hydrogen-bond donors (Lipinski definition) is 0. The van der Waals surface area contributed by atoms with Crippen molar-refractivity contribution in [3.8, 4) is 0 Å². The number of fused-ring (bicyclic) bond motifs is 1. The highest BCUT2D eigenvalue weighted by molar-refractivity contribution is 5.99. The average Bonchev–Trinajstić information content (AvgIpc) is 3.07. The van der Waals surface area contributed by atoms with E-state index in [1.54, 1.807) is 10.7 Å². The van der Waals surface area contributed by atoms with Gasteiger partial charge in [-0.3, -0.25) is 14.0 Å². The third-order valence-electron chi connectivity index (χ3n) is 5.37. The molecule has 126 valence electrons. The first-order valence-corrected chi connectivity index (χ1v) is 8.40. The minimum absolute atomic E-state index is 0.00669. The van der Waals surface area contributed by atoms with Gasteiger partial charge in [0.15, 0.2) is 5.65 Å². The van der Waals surface area contributed by atoms with E-state index in [0.29, 0.717) is 24.2 Å². The summed E-state index contributed by atoms with van der Waals surface area (Å²) < 4.78 is 1.76. The second-order valence-corrected chi connectivity index (χ2v) is 7.06. The minimum atomic E-state index is 0.00669. The first-order valence-electron chi connectivity index (χ1n) is 8.40. The molecule has 0 bridgehead atoms. The zero-order chi connectivity index (χ0) is 16.7. The molecule has 0 aromatic carbocycles. The van der Waals surface area contributed by atoms with Crippen LogP contribution in [0.15, 0.2) is 24.7 Å². The maximum Gasteiger partial charge on any atom is 0.257 e. The van der Waals surface area contributed by atoms with Gasteiger partial charge in [-0.25, -0.2) is 0 Å². The first kappa shape index (κ1) is 15.1. The van der Waals surface area contributed by atoms with E-state index in [9.17, 15) is 9.59 Å². The smallest absolute Gasteiger partial charge is 0.257 e. The summed E-state index contributed by atoms with van der Waals surface area (Å²) in [6.07, 6.45) is 6.94. The number of hydrogen-bond acceptors (Lipinski definition) is 4. The molecule has 24 heavy (non-hydrogen) atoms. The van der Waals surface area contributed by atoms with Crippen molar-refractivity contribution in [3.05, 3.63) is 30.2 Å². The molecule has 1 unspecified atom stereocenters. The SMILES string of the molecule is CN1CC2(CCCN(C(=O)c3cccn4cnnc34)C2)CCC1=O. The largest absolute Gasteiger partial charge is 0.345 e. The molecule has 4 rings (SSSR count). The standard InChI is InChI=1S/C17H21N5O2/c1-20-10-17(7-5-14(20)23)6-3-9-21(11-17)16(24)13-4-2-8-22-12-18-19-15(13)22/h2,4,8,12H,3,5-7,9-11H2,1H3. The Hall–Kier alpha value is -2.44. The number of aromatic nitrogens is 3. The Balaban J connectivity index is 1.59. The lowest BCUT2D eigenvalue weighted by molar-refractivity contribution is -0.137. The van der Waals surface area contributed by atoms with Crippen LogP contribution < -0.4 is 0 Å². The van der Waals surface area contributed by atoms with E-state index in [1.807, 2.05) is 35.2 Å². The van der Waals surface area contributed by atoms with E-state index in [0.717, 1.165) is 32.4 Å². The van der Waals surface area contributed by atoms with E-state index in [-0.39, 0.29) is 17.2 Å². The molecular weight excluding hydrogens is 306 g/mol. The maximum atomic E-state index is 13.0. The quantitative estimate of drug-likeness (QED) is 0.789. The lowest BCUT2D eigenvalue weighted by atomic mass is 9.73. The van der Waals surface area contributed by atoms with Gasteiger partial charge in [-0.1, -0.05) is 0 Å². The molecule has 0 radical (unpaired) electrons. The van der Waals surface area contributed by atoms with E-state index in [4.69, 9.17) is 0 Å². The van der Waals surface area contributed by atoms with Crippen LogP contribution in [0.2, 0.25) is 0 Å². The second-order valence-electron chi connectivity index (χ2n) is 7.06.